The van der Waals surface area contributed by atoms with E-state index in [1.165, 1.54) is 6.20 Å². The van der Waals surface area contributed by atoms with Gasteiger partial charge < -0.3 is 19.9 Å². The molecule has 2 saturated heterocycles. The second-order valence-electron chi connectivity index (χ2n) is 9.04. The van der Waals surface area contributed by atoms with Crippen molar-refractivity contribution in [3.63, 3.8) is 0 Å². The van der Waals surface area contributed by atoms with E-state index in [2.05, 4.69) is 20.2 Å². The Hall–Kier alpha value is -2.87. The Morgan fingerprint density at radius 3 is 2.48 bits per heavy atom. The third-order valence-corrected chi connectivity index (χ3v) is 5.63. The van der Waals surface area contributed by atoms with Crippen LogP contribution in [0.15, 0.2) is 36.7 Å². The second kappa shape index (κ2) is 8.34. The molecule has 1 N–H and O–H groups in total. The van der Waals surface area contributed by atoms with Crippen LogP contribution in [0, 0.1) is 11.8 Å². The van der Waals surface area contributed by atoms with Crippen molar-refractivity contribution in [1.82, 2.24) is 14.9 Å². The lowest BCUT2D eigenvalue weighted by Gasteiger charge is -2.26. The first-order valence-electron chi connectivity index (χ1n) is 10.3. The molecular formula is C22H26ClN5O3. The van der Waals surface area contributed by atoms with Crippen LogP contribution in [0.3, 0.4) is 0 Å². The van der Waals surface area contributed by atoms with E-state index >= 15 is 0 Å². The van der Waals surface area contributed by atoms with Crippen molar-refractivity contribution < 1.29 is 14.3 Å². The van der Waals surface area contributed by atoms with Gasteiger partial charge in [-0.15, -0.1) is 0 Å². The molecule has 2 amide bonds. The minimum absolute atomic E-state index is 0.241. The zero-order valence-electron chi connectivity index (χ0n) is 17.8. The van der Waals surface area contributed by atoms with E-state index in [4.69, 9.17) is 16.3 Å². The fourth-order valence-electron chi connectivity index (χ4n) is 4.03. The number of fused-ring (bicyclic) bond motifs is 1. The molecule has 8 nitrogen and oxygen atoms in total. The molecule has 2 fully saturated rings. The first-order chi connectivity index (χ1) is 14.7. The van der Waals surface area contributed by atoms with E-state index in [0.717, 1.165) is 13.1 Å². The number of benzene rings is 1. The van der Waals surface area contributed by atoms with E-state index in [1.54, 1.807) is 35.4 Å². The lowest BCUT2D eigenvalue weighted by Crippen LogP contribution is -2.37. The highest BCUT2D eigenvalue weighted by Crippen LogP contribution is 2.33. The minimum atomic E-state index is -0.498. The molecule has 1 aromatic carbocycles. The maximum Gasteiger partial charge on any atom is 0.410 e. The Balaban J connectivity index is 1.38. The summed E-state index contributed by atoms with van der Waals surface area (Å²) in [6, 6.07) is 6.95. The molecule has 0 spiro atoms. The summed E-state index contributed by atoms with van der Waals surface area (Å²) < 4.78 is 5.49. The molecule has 0 aliphatic carbocycles. The maximum atomic E-state index is 12.6. The number of rotatable bonds is 3. The van der Waals surface area contributed by atoms with Crippen LogP contribution in [0.2, 0.25) is 5.02 Å². The van der Waals surface area contributed by atoms with Crippen LogP contribution < -0.4 is 10.2 Å². The van der Waals surface area contributed by atoms with E-state index in [9.17, 15) is 9.59 Å². The van der Waals surface area contributed by atoms with Crippen LogP contribution in [0.1, 0.15) is 31.3 Å². The van der Waals surface area contributed by atoms with Gasteiger partial charge in [-0.05, 0) is 39.0 Å². The molecule has 1 aromatic heterocycles. The van der Waals surface area contributed by atoms with Gasteiger partial charge in [0.2, 0.25) is 0 Å². The van der Waals surface area contributed by atoms with Gasteiger partial charge in [-0.25, -0.2) is 9.78 Å². The Bertz CT molecular complexity index is 979. The first-order valence-corrected chi connectivity index (χ1v) is 10.7. The molecule has 164 valence electrons. The van der Waals surface area contributed by atoms with E-state index < -0.39 is 5.60 Å². The van der Waals surface area contributed by atoms with Crippen molar-refractivity contribution in [3.05, 3.63) is 47.4 Å². The minimum Gasteiger partial charge on any atom is -0.444 e. The summed E-state index contributed by atoms with van der Waals surface area (Å²) >= 11 is 5.98. The molecule has 0 unspecified atom stereocenters. The Labute approximate surface area is 186 Å². The largest absolute Gasteiger partial charge is 0.444 e. The van der Waals surface area contributed by atoms with Crippen molar-refractivity contribution in [2.75, 3.05) is 36.4 Å². The number of hydrogen-bond acceptors (Lipinski definition) is 6. The molecule has 31 heavy (non-hydrogen) atoms. The van der Waals surface area contributed by atoms with Crippen molar-refractivity contribution >= 4 is 35.1 Å². The summed E-state index contributed by atoms with van der Waals surface area (Å²) in [6.45, 7) is 8.47. The zero-order chi connectivity index (χ0) is 22.2. The highest BCUT2D eigenvalue weighted by Gasteiger charge is 2.43. The topological polar surface area (TPSA) is 87.7 Å². The van der Waals surface area contributed by atoms with Gasteiger partial charge in [-0.3, -0.25) is 9.78 Å². The molecular weight excluding hydrogens is 418 g/mol. The van der Waals surface area contributed by atoms with Gasteiger partial charge in [0.05, 0.1) is 12.4 Å². The number of carbonyl (C=O) groups is 2. The number of nitrogens with zero attached hydrogens (tertiary/aromatic N) is 4. The second-order valence-corrected chi connectivity index (χ2v) is 9.47. The number of likely N-dealkylation sites (tertiary alicyclic amines) is 1. The van der Waals surface area contributed by atoms with Gasteiger partial charge in [0.25, 0.3) is 5.91 Å². The third-order valence-electron chi connectivity index (χ3n) is 5.40. The summed E-state index contributed by atoms with van der Waals surface area (Å²) in [6.07, 6.45) is 2.86. The highest BCUT2D eigenvalue weighted by atomic mass is 35.5. The van der Waals surface area contributed by atoms with Crippen LogP contribution in [-0.4, -0.2) is 58.6 Å². The molecule has 0 radical (unpaired) electrons. The summed E-state index contributed by atoms with van der Waals surface area (Å²) in [7, 11) is 0. The molecule has 2 aliphatic heterocycles. The fourth-order valence-corrected chi connectivity index (χ4v) is 4.22. The Kier molecular flexibility index (Phi) is 5.75. The number of hydrogen-bond donors (Lipinski definition) is 1. The van der Waals surface area contributed by atoms with E-state index in [-0.39, 0.29) is 17.7 Å². The number of nitrogens with one attached hydrogen (secondary N) is 1. The predicted octanol–water partition coefficient (Wildman–Crippen LogP) is 3.69. The Morgan fingerprint density at radius 2 is 1.84 bits per heavy atom. The molecule has 2 atom stereocenters. The number of halogens is 1. The smallest absolute Gasteiger partial charge is 0.410 e. The van der Waals surface area contributed by atoms with Crippen LogP contribution in [0.4, 0.5) is 16.3 Å². The van der Waals surface area contributed by atoms with Gasteiger partial charge in [-0.2, -0.15) is 0 Å². The Morgan fingerprint density at radius 1 is 1.13 bits per heavy atom. The SMILES string of the molecule is CC(C)(C)OC(=O)N1C[C@@H]2CN(c3cncc(C(=O)Nc4cccc(Cl)c4)n3)C[C@@H]2C1. The predicted molar refractivity (Wildman–Crippen MR) is 118 cm³/mol. The van der Waals surface area contributed by atoms with Gasteiger partial charge >= 0.3 is 6.09 Å². The van der Waals surface area contributed by atoms with Crippen LogP contribution in [0.5, 0.6) is 0 Å². The van der Waals surface area contributed by atoms with E-state index in [1.807, 2.05) is 20.8 Å². The lowest BCUT2D eigenvalue weighted by atomic mass is 10.0. The molecule has 2 aliphatic rings. The summed E-state index contributed by atoms with van der Waals surface area (Å²) in [5, 5.41) is 3.33. The fraction of sp³-hybridized carbons (Fsp3) is 0.455. The number of ether oxygens (including phenoxy) is 1. The standard InChI is InChI=1S/C22H26ClN5O3/c1-22(2,3)31-21(30)28-12-14-10-27(11-15(14)13-28)19-9-24-8-18(26-19)20(29)25-17-6-4-5-16(23)7-17/h4-9,14-15H,10-13H2,1-3H3,(H,25,29)/t14-,15+. The average Bonchev–Trinajstić information content (AvgIpc) is 3.26. The number of anilines is 2. The molecule has 0 saturated carbocycles. The van der Waals surface area contributed by atoms with Crippen molar-refractivity contribution in [2.24, 2.45) is 11.8 Å². The average molecular weight is 444 g/mol. The van der Waals surface area contributed by atoms with Crippen molar-refractivity contribution in [3.8, 4) is 0 Å². The van der Waals surface area contributed by atoms with Crippen molar-refractivity contribution in [1.29, 1.82) is 0 Å². The van der Waals surface area contributed by atoms with Crippen LogP contribution in [-0.2, 0) is 4.74 Å². The molecule has 4 rings (SSSR count). The third kappa shape index (κ3) is 5.07. The monoisotopic (exact) mass is 443 g/mol. The first kappa shape index (κ1) is 21.4. The summed E-state index contributed by atoms with van der Waals surface area (Å²) in [5.74, 6) is 1.01. The number of aromatic nitrogens is 2. The van der Waals surface area contributed by atoms with E-state index in [0.29, 0.717) is 41.5 Å². The quantitative estimate of drug-likeness (QED) is 0.778. The summed E-state index contributed by atoms with van der Waals surface area (Å²) in [4.78, 5) is 37.6. The molecule has 3 heterocycles. The van der Waals surface area contributed by atoms with Gasteiger partial charge in [0.15, 0.2) is 0 Å². The highest BCUT2D eigenvalue weighted by molar-refractivity contribution is 6.30. The summed E-state index contributed by atoms with van der Waals surface area (Å²) in [5.41, 5.74) is 0.343. The molecule has 0 bridgehead atoms. The van der Waals surface area contributed by atoms with Gasteiger partial charge in [0.1, 0.15) is 17.1 Å². The van der Waals surface area contributed by atoms with Crippen LogP contribution in [0.25, 0.3) is 0 Å². The van der Waals surface area contributed by atoms with Gasteiger partial charge in [-0.1, -0.05) is 17.7 Å². The molecule has 9 heteroatoms. The van der Waals surface area contributed by atoms with Crippen LogP contribution >= 0.6 is 11.6 Å². The molecule has 2 aromatic rings. The zero-order valence-corrected chi connectivity index (χ0v) is 18.6. The lowest BCUT2D eigenvalue weighted by molar-refractivity contribution is 0.0282. The van der Waals surface area contributed by atoms with Gasteiger partial charge in [0, 0.05) is 48.7 Å². The maximum absolute atomic E-state index is 12.6. The number of amides is 2. The van der Waals surface area contributed by atoms with Crippen molar-refractivity contribution in [2.45, 2.75) is 26.4 Å². The normalized spacial score (nSPS) is 20.5. The number of carbonyl (C=O) groups excluding carboxylic acids is 2.